The lowest BCUT2D eigenvalue weighted by Crippen LogP contribution is -2.30. The van der Waals surface area contributed by atoms with E-state index in [1.807, 2.05) is 0 Å². The zero-order valence-corrected chi connectivity index (χ0v) is 66.8. The molecule has 5 atom stereocenters. The number of aliphatic hydroxyl groups is 1. The molecule has 0 radical (unpaired) electrons. The Morgan fingerprint density at radius 2 is 0.465 bits per heavy atom. The molecule has 0 heterocycles. The first-order valence-corrected chi connectivity index (χ1v) is 44.3. The fourth-order valence-electron chi connectivity index (χ4n) is 12.3. The smallest absolute Gasteiger partial charge is 0.462 e. The van der Waals surface area contributed by atoms with Gasteiger partial charge in [-0.3, -0.25) is 37.3 Å². The third-order valence-electron chi connectivity index (χ3n) is 18.6. The molecule has 19 heteroatoms. The Hall–Kier alpha value is -1.94. The van der Waals surface area contributed by atoms with Crippen LogP contribution in [0.5, 0.6) is 0 Å². The minimum atomic E-state index is -4.96. The topological polar surface area (TPSA) is 237 Å². The van der Waals surface area contributed by atoms with Crippen LogP contribution in [-0.2, 0) is 65.4 Å². The number of phosphoric ester groups is 2. The first kappa shape index (κ1) is 97.1. The van der Waals surface area contributed by atoms with E-state index in [-0.39, 0.29) is 25.7 Å². The molecule has 17 nitrogen and oxygen atoms in total. The van der Waals surface area contributed by atoms with E-state index in [0.717, 1.165) is 108 Å². The van der Waals surface area contributed by atoms with Gasteiger partial charge >= 0.3 is 39.5 Å². The highest BCUT2D eigenvalue weighted by Gasteiger charge is 2.30. The number of esters is 4. The molecule has 0 spiro atoms. The van der Waals surface area contributed by atoms with E-state index in [9.17, 15) is 43.2 Å². The maximum atomic E-state index is 13.1. The van der Waals surface area contributed by atoms with Crippen LogP contribution >= 0.6 is 15.6 Å². The molecular weight excluding hydrogens is 1290 g/mol. The summed E-state index contributed by atoms with van der Waals surface area (Å²) in [6, 6.07) is 0. The normalized spacial score (nSPS) is 14.0. The van der Waals surface area contributed by atoms with E-state index < -0.39 is 97.5 Å². The first-order valence-electron chi connectivity index (χ1n) is 41.3. The molecule has 99 heavy (non-hydrogen) atoms. The van der Waals surface area contributed by atoms with Crippen LogP contribution in [0, 0.1) is 17.8 Å². The van der Waals surface area contributed by atoms with E-state index in [1.165, 1.54) is 225 Å². The van der Waals surface area contributed by atoms with E-state index in [1.54, 1.807) is 0 Å². The SMILES string of the molecule is CCCCCCCCCCCCCCCCC(=O)O[C@H](COC(=O)CCCCCCCCCCC(C)C)COP(=O)(O)OC[C@H](O)COP(=O)(O)OC[C@@H](COC(=O)CCCCCCCCCCCCCCC(C)C)OC(=O)CCCCCCCCCCCCCCCCCCC(C)C. The number of carbonyl (C=O) groups excluding carboxylic acids is 4. The van der Waals surface area contributed by atoms with Crippen LogP contribution in [0.25, 0.3) is 0 Å². The molecule has 2 unspecified atom stereocenters. The molecule has 0 aromatic heterocycles. The van der Waals surface area contributed by atoms with Crippen LogP contribution in [-0.4, -0.2) is 96.7 Å². The third kappa shape index (κ3) is 74.1. The molecule has 3 N–H and O–H groups in total. The van der Waals surface area contributed by atoms with Crippen molar-refractivity contribution in [3.63, 3.8) is 0 Å². The number of phosphoric acid groups is 2. The fraction of sp³-hybridized carbons (Fsp3) is 0.950. The minimum absolute atomic E-state index is 0.107. The van der Waals surface area contributed by atoms with Gasteiger partial charge in [-0.25, -0.2) is 9.13 Å². The molecule has 588 valence electrons. The standard InChI is InChI=1S/C80H156O17P2/c1-8-9-10-11-12-13-14-15-21-28-33-42-49-56-63-79(84)97-76(68-91-78(83)62-55-48-41-36-35-39-46-53-60-73(6)7)70-95-99(88,89)93-66-74(81)65-92-98(86,87)94-69-75(67-90-77(82)61-54-47-40-32-27-24-23-26-31-38-45-52-59-72(4)5)96-80(85)64-57-50-43-34-29-22-19-17-16-18-20-25-30-37-44-51-58-71(2)3/h71-76,81H,8-70H2,1-7H3,(H,86,87)(H,88,89)/t74-,75-,76-/m1/s1. The van der Waals surface area contributed by atoms with Gasteiger partial charge in [-0.2, -0.15) is 0 Å². The van der Waals surface area contributed by atoms with Crippen molar-refractivity contribution in [2.75, 3.05) is 39.6 Å². The van der Waals surface area contributed by atoms with Crippen LogP contribution in [0.4, 0.5) is 0 Å². The average molecular weight is 1450 g/mol. The van der Waals surface area contributed by atoms with E-state index in [2.05, 4.69) is 48.5 Å². The number of unbranched alkanes of at least 4 members (excludes halogenated alkanes) is 46. The van der Waals surface area contributed by atoms with Crippen molar-refractivity contribution < 1.29 is 80.2 Å². The summed E-state index contributed by atoms with van der Waals surface area (Å²) in [6.07, 6.45) is 58.2. The van der Waals surface area contributed by atoms with E-state index in [4.69, 9.17) is 37.0 Å². The van der Waals surface area contributed by atoms with Gasteiger partial charge in [-0.1, -0.05) is 363 Å². The Morgan fingerprint density at radius 3 is 0.687 bits per heavy atom. The van der Waals surface area contributed by atoms with Gasteiger partial charge in [-0.15, -0.1) is 0 Å². The molecule has 0 rings (SSSR count). The highest BCUT2D eigenvalue weighted by molar-refractivity contribution is 7.47. The van der Waals surface area contributed by atoms with Gasteiger partial charge in [0, 0.05) is 25.7 Å². The highest BCUT2D eigenvalue weighted by atomic mass is 31.2. The summed E-state index contributed by atoms with van der Waals surface area (Å²) < 4.78 is 68.7. The van der Waals surface area contributed by atoms with Crippen LogP contribution in [0.3, 0.4) is 0 Å². The Kier molecular flexibility index (Phi) is 69.0. The molecule has 0 amide bonds. The van der Waals surface area contributed by atoms with Crippen molar-refractivity contribution in [2.45, 2.75) is 433 Å². The van der Waals surface area contributed by atoms with Crippen LogP contribution in [0.2, 0.25) is 0 Å². The van der Waals surface area contributed by atoms with Gasteiger partial charge in [0.1, 0.15) is 19.3 Å². The van der Waals surface area contributed by atoms with Crippen LogP contribution in [0.15, 0.2) is 0 Å². The summed E-state index contributed by atoms with van der Waals surface area (Å²) in [5.41, 5.74) is 0. The van der Waals surface area contributed by atoms with Gasteiger partial charge < -0.3 is 33.8 Å². The first-order chi connectivity index (χ1) is 47.7. The molecule has 0 bridgehead atoms. The number of carbonyl (C=O) groups is 4. The largest absolute Gasteiger partial charge is 0.472 e. The number of ether oxygens (including phenoxy) is 4. The Morgan fingerprint density at radius 1 is 0.273 bits per heavy atom. The second-order valence-electron chi connectivity index (χ2n) is 30.2. The predicted octanol–water partition coefficient (Wildman–Crippen LogP) is 23.7. The molecule has 0 aromatic rings. The number of hydrogen-bond acceptors (Lipinski definition) is 15. The van der Waals surface area contributed by atoms with Crippen molar-refractivity contribution in [2.24, 2.45) is 17.8 Å². The zero-order valence-electron chi connectivity index (χ0n) is 65.0. The number of hydrogen-bond donors (Lipinski definition) is 3. The number of aliphatic hydroxyl groups excluding tert-OH is 1. The van der Waals surface area contributed by atoms with E-state index >= 15 is 0 Å². The predicted molar refractivity (Wildman–Crippen MR) is 405 cm³/mol. The molecule has 0 aromatic carbocycles. The maximum absolute atomic E-state index is 13.1. The maximum Gasteiger partial charge on any atom is 0.472 e. The summed E-state index contributed by atoms with van der Waals surface area (Å²) in [5, 5.41) is 10.6. The van der Waals surface area contributed by atoms with Crippen molar-refractivity contribution >= 4 is 39.5 Å². The molecule has 0 aliphatic rings. The van der Waals surface area contributed by atoms with Crippen LogP contribution in [0.1, 0.15) is 414 Å². The third-order valence-corrected chi connectivity index (χ3v) is 20.5. The monoisotopic (exact) mass is 1450 g/mol. The van der Waals surface area contributed by atoms with Crippen LogP contribution < -0.4 is 0 Å². The second-order valence-corrected chi connectivity index (χ2v) is 33.1. The van der Waals surface area contributed by atoms with Crippen molar-refractivity contribution in [3.05, 3.63) is 0 Å². The summed E-state index contributed by atoms with van der Waals surface area (Å²) in [7, 11) is -9.92. The zero-order chi connectivity index (χ0) is 73.0. The lowest BCUT2D eigenvalue weighted by atomic mass is 10.0. The molecule has 0 aliphatic heterocycles. The van der Waals surface area contributed by atoms with Crippen molar-refractivity contribution in [3.8, 4) is 0 Å². The average Bonchev–Trinajstić information content (AvgIpc) is 1.46. The molecule has 0 saturated heterocycles. The highest BCUT2D eigenvalue weighted by Crippen LogP contribution is 2.45. The Labute approximate surface area is 607 Å². The van der Waals surface area contributed by atoms with Gasteiger partial charge in [0.15, 0.2) is 12.2 Å². The number of rotatable bonds is 78. The molecule has 0 aliphatic carbocycles. The van der Waals surface area contributed by atoms with Gasteiger partial charge in [0.25, 0.3) is 0 Å². The molecule has 0 fully saturated rings. The van der Waals surface area contributed by atoms with Crippen molar-refractivity contribution in [1.82, 2.24) is 0 Å². The fourth-order valence-corrected chi connectivity index (χ4v) is 13.9. The summed E-state index contributed by atoms with van der Waals surface area (Å²) in [5.74, 6) is 0.206. The lowest BCUT2D eigenvalue weighted by Gasteiger charge is -2.21. The second kappa shape index (κ2) is 70.4. The molecular formula is C80H156O17P2. The van der Waals surface area contributed by atoms with Gasteiger partial charge in [-0.05, 0) is 43.4 Å². The Balaban J connectivity index is 5.25. The quantitative estimate of drug-likeness (QED) is 0.0222. The molecule has 0 saturated carbocycles. The lowest BCUT2D eigenvalue weighted by molar-refractivity contribution is -0.161. The van der Waals surface area contributed by atoms with Gasteiger partial charge in [0.2, 0.25) is 0 Å². The Bertz CT molecular complexity index is 1920. The summed E-state index contributed by atoms with van der Waals surface area (Å²) in [6.45, 7) is 11.9. The summed E-state index contributed by atoms with van der Waals surface area (Å²) >= 11 is 0. The minimum Gasteiger partial charge on any atom is -0.462 e. The summed E-state index contributed by atoms with van der Waals surface area (Å²) in [4.78, 5) is 73.0. The van der Waals surface area contributed by atoms with Crippen molar-refractivity contribution in [1.29, 1.82) is 0 Å². The van der Waals surface area contributed by atoms with Gasteiger partial charge in [0.05, 0.1) is 26.4 Å². The van der Waals surface area contributed by atoms with E-state index in [0.29, 0.717) is 25.7 Å².